The van der Waals surface area contributed by atoms with Gasteiger partial charge < -0.3 is 15.4 Å². The van der Waals surface area contributed by atoms with Crippen LogP contribution < -0.4 is 15.4 Å². The Labute approximate surface area is 123 Å². The Morgan fingerprint density at radius 2 is 1.95 bits per heavy atom. The molecule has 1 aromatic rings. The Morgan fingerprint density at radius 3 is 2.53 bits per heavy atom. The summed E-state index contributed by atoms with van der Waals surface area (Å²) < 4.78 is 41.0. The van der Waals surface area contributed by atoms with Crippen molar-refractivity contribution in [2.24, 2.45) is 0 Å². The smallest absolute Gasteiger partial charge is 0.406 e. The second-order valence-electron chi connectivity index (χ2n) is 3.98. The lowest BCUT2D eigenvalue weighted by molar-refractivity contribution is -0.274. The lowest BCUT2D eigenvalue weighted by Crippen LogP contribution is -2.42. The molecule has 19 heavy (non-hydrogen) atoms. The fourth-order valence-corrected chi connectivity index (χ4v) is 2.36. The maximum absolute atomic E-state index is 12.2. The van der Waals surface area contributed by atoms with Gasteiger partial charge in [-0.1, -0.05) is 15.9 Å². The lowest BCUT2D eigenvalue weighted by Gasteiger charge is -2.25. The molecule has 1 heterocycles. The number of hydrogen-bond acceptors (Lipinski definition) is 3. The van der Waals surface area contributed by atoms with E-state index in [0.717, 1.165) is 18.7 Å². The van der Waals surface area contributed by atoms with Gasteiger partial charge in [-0.3, -0.25) is 0 Å². The summed E-state index contributed by atoms with van der Waals surface area (Å²) in [5.74, 6) is -0.209. The Morgan fingerprint density at radius 1 is 1.21 bits per heavy atom. The maximum Gasteiger partial charge on any atom is 0.573 e. The number of benzene rings is 1. The first-order valence-electron chi connectivity index (χ1n) is 5.44. The molecule has 2 rings (SSSR count). The van der Waals surface area contributed by atoms with Crippen LogP contribution in [0.3, 0.4) is 0 Å². The Kier molecular flexibility index (Phi) is 5.91. The highest BCUT2D eigenvalue weighted by molar-refractivity contribution is 9.10. The predicted molar refractivity (Wildman–Crippen MR) is 71.7 cm³/mol. The SMILES string of the molecule is Cl.FC(F)(F)Oc1cc(Br)cc([C@H]2CNCCN2)c1. The second-order valence-corrected chi connectivity index (χ2v) is 4.89. The van der Waals surface area contributed by atoms with Crippen LogP contribution in [0, 0.1) is 0 Å². The largest absolute Gasteiger partial charge is 0.573 e. The van der Waals surface area contributed by atoms with Crippen LogP contribution in [0.2, 0.25) is 0 Å². The Balaban J connectivity index is 0.00000180. The van der Waals surface area contributed by atoms with Crippen molar-refractivity contribution < 1.29 is 17.9 Å². The molecule has 8 heteroatoms. The van der Waals surface area contributed by atoms with Crippen molar-refractivity contribution >= 4 is 28.3 Å². The average molecular weight is 362 g/mol. The van der Waals surface area contributed by atoms with Crippen LogP contribution in [0.15, 0.2) is 22.7 Å². The van der Waals surface area contributed by atoms with Crippen LogP contribution in [0.1, 0.15) is 11.6 Å². The highest BCUT2D eigenvalue weighted by atomic mass is 79.9. The molecule has 0 amide bonds. The molecular formula is C11H13BrClF3N2O. The molecule has 2 N–H and O–H groups in total. The van der Waals surface area contributed by atoms with E-state index < -0.39 is 6.36 Å². The van der Waals surface area contributed by atoms with E-state index in [1.165, 1.54) is 12.1 Å². The van der Waals surface area contributed by atoms with E-state index in [1.807, 2.05) is 0 Å². The number of piperazine rings is 1. The Hall–Kier alpha value is -0.500. The van der Waals surface area contributed by atoms with Gasteiger partial charge in [0.15, 0.2) is 0 Å². The fraction of sp³-hybridized carbons (Fsp3) is 0.455. The molecule has 0 aromatic heterocycles. The number of hydrogen-bond donors (Lipinski definition) is 2. The van der Waals surface area contributed by atoms with E-state index in [0.29, 0.717) is 11.0 Å². The minimum absolute atomic E-state index is 0. The molecule has 0 unspecified atom stereocenters. The van der Waals surface area contributed by atoms with Gasteiger partial charge >= 0.3 is 6.36 Å². The number of rotatable bonds is 2. The van der Waals surface area contributed by atoms with Crippen LogP contribution in [0.4, 0.5) is 13.2 Å². The zero-order valence-corrected chi connectivity index (χ0v) is 12.2. The average Bonchev–Trinajstić information content (AvgIpc) is 2.27. The highest BCUT2D eigenvalue weighted by Crippen LogP contribution is 2.29. The normalized spacial score (nSPS) is 19.7. The molecule has 0 bridgehead atoms. The van der Waals surface area contributed by atoms with E-state index in [2.05, 4.69) is 31.3 Å². The van der Waals surface area contributed by atoms with Crippen LogP contribution in [-0.2, 0) is 0 Å². The molecule has 1 atom stereocenters. The van der Waals surface area contributed by atoms with Gasteiger partial charge in [0, 0.05) is 30.1 Å². The van der Waals surface area contributed by atoms with Gasteiger partial charge in [0.25, 0.3) is 0 Å². The van der Waals surface area contributed by atoms with Crippen molar-refractivity contribution in [2.75, 3.05) is 19.6 Å². The molecule has 108 valence electrons. The zero-order chi connectivity index (χ0) is 13.2. The first-order valence-corrected chi connectivity index (χ1v) is 6.24. The van der Waals surface area contributed by atoms with Crippen molar-refractivity contribution in [3.05, 3.63) is 28.2 Å². The maximum atomic E-state index is 12.2. The second kappa shape index (κ2) is 6.78. The summed E-state index contributed by atoms with van der Waals surface area (Å²) in [5, 5.41) is 6.41. The van der Waals surface area contributed by atoms with E-state index in [4.69, 9.17) is 0 Å². The topological polar surface area (TPSA) is 33.3 Å². The molecule has 0 aliphatic carbocycles. The van der Waals surface area contributed by atoms with Crippen LogP contribution >= 0.6 is 28.3 Å². The molecular weight excluding hydrogens is 348 g/mol. The van der Waals surface area contributed by atoms with Crippen molar-refractivity contribution in [2.45, 2.75) is 12.4 Å². The lowest BCUT2D eigenvalue weighted by atomic mass is 10.1. The third-order valence-corrected chi connectivity index (χ3v) is 3.03. The monoisotopic (exact) mass is 360 g/mol. The van der Waals surface area contributed by atoms with Crippen molar-refractivity contribution in [3.8, 4) is 5.75 Å². The van der Waals surface area contributed by atoms with Crippen molar-refractivity contribution in [1.82, 2.24) is 10.6 Å². The van der Waals surface area contributed by atoms with Crippen LogP contribution in [0.5, 0.6) is 5.75 Å². The minimum atomic E-state index is -4.67. The molecule has 1 saturated heterocycles. The van der Waals surface area contributed by atoms with Gasteiger partial charge in [0.1, 0.15) is 5.75 Å². The zero-order valence-electron chi connectivity index (χ0n) is 9.76. The summed E-state index contributed by atoms with van der Waals surface area (Å²) in [5.41, 5.74) is 0.760. The molecule has 1 aliphatic rings. The van der Waals surface area contributed by atoms with Crippen LogP contribution in [0.25, 0.3) is 0 Å². The summed E-state index contributed by atoms with van der Waals surface area (Å²) in [4.78, 5) is 0. The standard InChI is InChI=1S/C11H12BrF3N2O.ClH/c12-8-3-7(10-6-16-1-2-17-10)4-9(5-8)18-11(13,14)15;/h3-5,10,16-17H,1-2,6H2;1H/t10-;/m1./s1. The van der Waals surface area contributed by atoms with Gasteiger partial charge in [-0.2, -0.15) is 0 Å². The van der Waals surface area contributed by atoms with Crippen molar-refractivity contribution in [1.29, 1.82) is 0 Å². The highest BCUT2D eigenvalue weighted by Gasteiger charge is 2.31. The summed E-state index contributed by atoms with van der Waals surface area (Å²) in [6.07, 6.45) is -4.67. The van der Waals surface area contributed by atoms with E-state index in [1.54, 1.807) is 6.07 Å². The number of halogens is 5. The molecule has 0 radical (unpaired) electrons. The Bertz CT molecular complexity index is 425. The molecule has 3 nitrogen and oxygen atoms in total. The quantitative estimate of drug-likeness (QED) is 0.850. The third-order valence-electron chi connectivity index (χ3n) is 2.57. The van der Waals surface area contributed by atoms with E-state index in [9.17, 15) is 13.2 Å². The van der Waals surface area contributed by atoms with Crippen LogP contribution in [-0.4, -0.2) is 26.0 Å². The number of alkyl halides is 3. The van der Waals surface area contributed by atoms with Gasteiger partial charge in [-0.25, -0.2) is 0 Å². The summed E-state index contributed by atoms with van der Waals surface area (Å²) in [6.45, 7) is 2.32. The van der Waals surface area contributed by atoms with Gasteiger partial charge in [0.05, 0.1) is 0 Å². The first kappa shape index (κ1) is 16.6. The van der Waals surface area contributed by atoms with Gasteiger partial charge in [0.2, 0.25) is 0 Å². The van der Waals surface area contributed by atoms with Crippen molar-refractivity contribution in [3.63, 3.8) is 0 Å². The molecule has 1 fully saturated rings. The molecule has 0 saturated carbocycles. The van der Waals surface area contributed by atoms with Gasteiger partial charge in [-0.05, 0) is 23.8 Å². The summed E-state index contributed by atoms with van der Waals surface area (Å²) >= 11 is 3.19. The van der Waals surface area contributed by atoms with E-state index >= 15 is 0 Å². The minimum Gasteiger partial charge on any atom is -0.406 e. The summed E-state index contributed by atoms with van der Waals surface area (Å²) in [7, 11) is 0. The third kappa shape index (κ3) is 5.18. The predicted octanol–water partition coefficient (Wildman–Crippen LogP) is 3.00. The molecule has 0 spiro atoms. The number of nitrogens with one attached hydrogen (secondary N) is 2. The van der Waals surface area contributed by atoms with Gasteiger partial charge in [-0.15, -0.1) is 25.6 Å². The number of ether oxygens (including phenoxy) is 1. The van der Waals surface area contributed by atoms with E-state index in [-0.39, 0.29) is 24.2 Å². The summed E-state index contributed by atoms with van der Waals surface area (Å²) in [6, 6.07) is 4.48. The molecule has 1 aromatic carbocycles. The first-order chi connectivity index (χ1) is 8.44. The molecule has 1 aliphatic heterocycles. The fourth-order valence-electron chi connectivity index (χ4n) is 1.87.